The number of carbonyl (C=O) groups excluding carboxylic acids is 2. The number of imidazole rings is 1. The molecule has 5 aromatic rings. The first-order valence-electron chi connectivity index (χ1n) is 15.2. The standard InChI is InChI=1S/C34H34N8O4/c1-39(2)24-7-8-25-22(18-24)10-12-41(34(25)45)30-5-3-4-26(27(30)21-43)28-19-29(32-35-11-13-42(32)38-28)37-31-9-6-23(20-36-31)33(44)40-14-16-46-17-15-40/h3-9,11,13,18-20,43H,10,12,14-17,21H2,1-2H3,(H,36,37). The van der Waals surface area contributed by atoms with Crippen LogP contribution in [0.25, 0.3) is 16.9 Å². The van der Waals surface area contributed by atoms with E-state index in [1.54, 1.807) is 45.0 Å². The lowest BCUT2D eigenvalue weighted by molar-refractivity contribution is 0.0302. The van der Waals surface area contributed by atoms with E-state index in [4.69, 9.17) is 9.84 Å². The Bertz CT molecular complexity index is 1930. The molecule has 2 amide bonds. The minimum Gasteiger partial charge on any atom is -0.392 e. The molecule has 0 radical (unpaired) electrons. The summed E-state index contributed by atoms with van der Waals surface area (Å²) in [5.74, 6) is 0.363. The number of benzene rings is 2. The number of nitrogens with one attached hydrogen (secondary N) is 1. The molecule has 1 saturated heterocycles. The van der Waals surface area contributed by atoms with Gasteiger partial charge in [-0.05, 0) is 54.4 Å². The minimum absolute atomic E-state index is 0.0744. The van der Waals surface area contributed by atoms with Gasteiger partial charge in [-0.2, -0.15) is 5.10 Å². The van der Waals surface area contributed by atoms with E-state index in [-0.39, 0.29) is 18.4 Å². The van der Waals surface area contributed by atoms with Crippen LogP contribution in [0.5, 0.6) is 0 Å². The fourth-order valence-corrected chi connectivity index (χ4v) is 6.04. The number of carbonyl (C=O) groups is 2. The minimum atomic E-state index is -0.283. The van der Waals surface area contributed by atoms with Crippen LogP contribution in [0.3, 0.4) is 0 Å². The average Bonchev–Trinajstić information content (AvgIpc) is 3.58. The smallest absolute Gasteiger partial charge is 0.258 e. The summed E-state index contributed by atoms with van der Waals surface area (Å²) in [6.07, 6.45) is 5.67. The van der Waals surface area contributed by atoms with Crippen LogP contribution >= 0.6 is 0 Å². The Morgan fingerprint density at radius 3 is 2.63 bits per heavy atom. The molecule has 0 unspecified atom stereocenters. The second kappa shape index (κ2) is 12.2. The molecule has 7 rings (SSSR count). The van der Waals surface area contributed by atoms with E-state index in [9.17, 15) is 14.7 Å². The van der Waals surface area contributed by atoms with E-state index < -0.39 is 0 Å². The molecule has 2 aromatic carbocycles. The molecule has 1 fully saturated rings. The van der Waals surface area contributed by atoms with Gasteiger partial charge in [-0.25, -0.2) is 14.5 Å². The van der Waals surface area contributed by atoms with Crippen LogP contribution in [0.4, 0.5) is 22.9 Å². The Labute approximate surface area is 265 Å². The molecule has 2 N–H and O–H groups in total. The van der Waals surface area contributed by atoms with Crippen LogP contribution in [0.2, 0.25) is 0 Å². The molecule has 2 aliphatic heterocycles. The van der Waals surface area contributed by atoms with Crippen LogP contribution in [0.15, 0.2) is 73.2 Å². The summed E-state index contributed by atoms with van der Waals surface area (Å²) in [6, 6.07) is 16.9. The Kier molecular flexibility index (Phi) is 7.81. The van der Waals surface area contributed by atoms with Gasteiger partial charge < -0.3 is 29.9 Å². The first-order valence-corrected chi connectivity index (χ1v) is 15.2. The predicted molar refractivity (Wildman–Crippen MR) is 175 cm³/mol. The van der Waals surface area contributed by atoms with Crippen molar-refractivity contribution in [1.82, 2.24) is 24.5 Å². The molecule has 0 spiro atoms. The van der Waals surface area contributed by atoms with Crippen LogP contribution < -0.4 is 15.1 Å². The van der Waals surface area contributed by atoms with Gasteiger partial charge in [0.25, 0.3) is 11.8 Å². The number of aliphatic hydroxyl groups excluding tert-OH is 1. The van der Waals surface area contributed by atoms with Crippen molar-refractivity contribution in [2.75, 3.05) is 62.1 Å². The van der Waals surface area contributed by atoms with Crippen molar-refractivity contribution in [3.05, 3.63) is 95.4 Å². The highest BCUT2D eigenvalue weighted by Gasteiger charge is 2.28. The first kappa shape index (κ1) is 29.4. The molecule has 5 heterocycles. The van der Waals surface area contributed by atoms with E-state index >= 15 is 0 Å². The molecule has 12 nitrogen and oxygen atoms in total. The van der Waals surface area contributed by atoms with Gasteiger partial charge in [0.1, 0.15) is 5.82 Å². The third kappa shape index (κ3) is 5.41. The lowest BCUT2D eigenvalue weighted by Gasteiger charge is -2.31. The monoisotopic (exact) mass is 618 g/mol. The van der Waals surface area contributed by atoms with E-state index in [1.165, 1.54) is 0 Å². The van der Waals surface area contributed by atoms with Gasteiger partial charge in [0.15, 0.2) is 5.65 Å². The van der Waals surface area contributed by atoms with Crippen molar-refractivity contribution < 1.29 is 19.4 Å². The summed E-state index contributed by atoms with van der Waals surface area (Å²) in [6.45, 7) is 2.40. The van der Waals surface area contributed by atoms with Crippen molar-refractivity contribution in [2.24, 2.45) is 0 Å². The molecule has 2 aliphatic rings. The van der Waals surface area contributed by atoms with E-state index in [2.05, 4.69) is 21.4 Å². The van der Waals surface area contributed by atoms with Gasteiger partial charge >= 0.3 is 0 Å². The van der Waals surface area contributed by atoms with E-state index in [1.807, 2.05) is 55.4 Å². The molecule has 0 atom stereocenters. The van der Waals surface area contributed by atoms with Crippen LogP contribution in [-0.4, -0.2) is 88.3 Å². The Morgan fingerprint density at radius 1 is 1.02 bits per heavy atom. The van der Waals surface area contributed by atoms with Gasteiger partial charge in [-0.1, -0.05) is 12.1 Å². The fraction of sp³-hybridized carbons (Fsp3) is 0.265. The van der Waals surface area contributed by atoms with Gasteiger partial charge in [-0.15, -0.1) is 0 Å². The van der Waals surface area contributed by atoms with Gasteiger partial charge in [0, 0.05) is 74.7 Å². The molecule has 234 valence electrons. The number of pyridine rings is 1. The fourth-order valence-electron chi connectivity index (χ4n) is 6.04. The summed E-state index contributed by atoms with van der Waals surface area (Å²) < 4.78 is 7.01. The summed E-state index contributed by atoms with van der Waals surface area (Å²) in [5.41, 5.74) is 7.00. The zero-order chi connectivity index (χ0) is 31.8. The number of aliphatic hydroxyl groups is 1. The second-order valence-electron chi connectivity index (χ2n) is 11.5. The number of nitrogens with zero attached hydrogens (tertiary/aromatic N) is 7. The molecule has 3 aromatic heterocycles. The van der Waals surface area contributed by atoms with Crippen molar-refractivity contribution >= 4 is 40.3 Å². The van der Waals surface area contributed by atoms with E-state index in [0.29, 0.717) is 90.1 Å². The number of anilines is 4. The normalized spacial score (nSPS) is 14.8. The number of aromatic nitrogens is 4. The second-order valence-corrected chi connectivity index (χ2v) is 11.5. The predicted octanol–water partition coefficient (Wildman–Crippen LogP) is 3.77. The molecular formula is C34H34N8O4. The quantitative estimate of drug-likeness (QED) is 0.280. The Hall–Kier alpha value is -5.33. The van der Waals surface area contributed by atoms with Gasteiger partial charge in [-0.3, -0.25) is 9.59 Å². The Balaban J connectivity index is 1.20. The summed E-state index contributed by atoms with van der Waals surface area (Å²) in [7, 11) is 3.96. The molecule has 0 bridgehead atoms. The lowest BCUT2D eigenvalue weighted by Crippen LogP contribution is -2.40. The summed E-state index contributed by atoms with van der Waals surface area (Å²) in [5, 5.41) is 18.8. The number of fused-ring (bicyclic) bond motifs is 2. The van der Waals surface area contributed by atoms with Gasteiger partial charge in [0.05, 0.1) is 42.5 Å². The molecule has 0 saturated carbocycles. The van der Waals surface area contributed by atoms with Crippen molar-refractivity contribution in [3.8, 4) is 11.3 Å². The third-order valence-electron chi connectivity index (χ3n) is 8.49. The number of hydrogen-bond acceptors (Lipinski definition) is 9. The van der Waals surface area contributed by atoms with E-state index in [0.717, 1.165) is 11.3 Å². The largest absolute Gasteiger partial charge is 0.392 e. The SMILES string of the molecule is CN(C)c1ccc2c(c1)CCN(c1cccc(-c3cc(Nc4ccc(C(=O)N5CCOCC5)cn4)c4nccn4n3)c1CO)C2=O. The number of morpholine rings is 1. The zero-order valence-corrected chi connectivity index (χ0v) is 25.7. The highest BCUT2D eigenvalue weighted by atomic mass is 16.5. The maximum absolute atomic E-state index is 13.7. The molecular weight excluding hydrogens is 584 g/mol. The van der Waals surface area contributed by atoms with Crippen molar-refractivity contribution in [3.63, 3.8) is 0 Å². The maximum atomic E-state index is 13.7. The Morgan fingerprint density at radius 2 is 1.87 bits per heavy atom. The van der Waals surface area contributed by atoms with Crippen LogP contribution in [-0.2, 0) is 17.8 Å². The first-order chi connectivity index (χ1) is 22.4. The number of rotatable bonds is 7. The van der Waals surface area contributed by atoms with Crippen molar-refractivity contribution in [2.45, 2.75) is 13.0 Å². The summed E-state index contributed by atoms with van der Waals surface area (Å²) in [4.78, 5) is 41.1. The third-order valence-corrected chi connectivity index (χ3v) is 8.49. The molecule has 0 aliphatic carbocycles. The maximum Gasteiger partial charge on any atom is 0.258 e. The number of ether oxygens (including phenoxy) is 1. The topological polar surface area (TPSA) is 128 Å². The molecule has 12 heteroatoms. The van der Waals surface area contributed by atoms with Gasteiger partial charge in [0.2, 0.25) is 0 Å². The molecule has 46 heavy (non-hydrogen) atoms. The highest BCUT2D eigenvalue weighted by molar-refractivity contribution is 6.09. The summed E-state index contributed by atoms with van der Waals surface area (Å²) >= 11 is 0. The average molecular weight is 619 g/mol. The number of hydrogen-bond donors (Lipinski definition) is 2. The van der Waals surface area contributed by atoms with Crippen LogP contribution in [0.1, 0.15) is 31.8 Å². The van der Waals surface area contributed by atoms with Crippen LogP contribution in [0, 0.1) is 0 Å². The highest BCUT2D eigenvalue weighted by Crippen LogP contribution is 2.35. The lowest BCUT2D eigenvalue weighted by atomic mass is 9.95. The van der Waals surface area contributed by atoms with Crippen molar-refractivity contribution in [1.29, 1.82) is 0 Å². The number of amides is 2. The zero-order valence-electron chi connectivity index (χ0n) is 25.7.